The van der Waals surface area contributed by atoms with E-state index in [2.05, 4.69) is 4.90 Å². The first-order chi connectivity index (χ1) is 8.26. The molecular formula is C13H17NO3. The molecule has 2 atom stereocenters. The summed E-state index contributed by atoms with van der Waals surface area (Å²) in [6, 6.07) is 9.81. The number of fused-ring (bicyclic) bond motifs is 1. The minimum absolute atomic E-state index is 0.0838. The third-order valence-corrected chi connectivity index (χ3v) is 3.29. The Morgan fingerprint density at radius 3 is 3.00 bits per heavy atom. The molecule has 0 bridgehead atoms. The molecule has 0 aliphatic carbocycles. The Bertz CT molecular complexity index is 384. The van der Waals surface area contributed by atoms with Crippen LogP contribution < -0.4 is 4.74 Å². The Kier molecular flexibility index (Phi) is 2.78. The smallest absolute Gasteiger partial charge is 0.227 e. The quantitative estimate of drug-likeness (QED) is 0.794. The minimum Gasteiger partial charge on any atom is -0.491 e. The van der Waals surface area contributed by atoms with Crippen LogP contribution in [0.25, 0.3) is 0 Å². The zero-order valence-electron chi connectivity index (χ0n) is 9.96. The summed E-state index contributed by atoms with van der Waals surface area (Å²) >= 11 is 0. The molecule has 2 aliphatic rings. The zero-order valence-corrected chi connectivity index (χ0v) is 9.96. The van der Waals surface area contributed by atoms with E-state index in [0.717, 1.165) is 25.4 Å². The van der Waals surface area contributed by atoms with Crippen LogP contribution in [0.4, 0.5) is 0 Å². The van der Waals surface area contributed by atoms with Crippen molar-refractivity contribution in [1.29, 1.82) is 0 Å². The molecule has 17 heavy (non-hydrogen) atoms. The molecule has 1 aromatic carbocycles. The van der Waals surface area contributed by atoms with Crippen molar-refractivity contribution >= 4 is 0 Å². The van der Waals surface area contributed by atoms with Crippen molar-refractivity contribution in [2.75, 3.05) is 26.3 Å². The van der Waals surface area contributed by atoms with Gasteiger partial charge in [0, 0.05) is 20.0 Å². The van der Waals surface area contributed by atoms with Gasteiger partial charge in [-0.1, -0.05) is 18.2 Å². The van der Waals surface area contributed by atoms with Gasteiger partial charge in [-0.25, -0.2) is 4.90 Å². The lowest BCUT2D eigenvalue weighted by atomic mass is 10.3. The van der Waals surface area contributed by atoms with E-state index in [1.54, 1.807) is 0 Å². The van der Waals surface area contributed by atoms with Crippen LogP contribution in [0.3, 0.4) is 0 Å². The molecule has 2 saturated heterocycles. The predicted molar refractivity (Wildman–Crippen MR) is 62.7 cm³/mol. The number of hydrogen-bond acceptors (Lipinski definition) is 4. The monoisotopic (exact) mass is 235 g/mol. The van der Waals surface area contributed by atoms with Crippen molar-refractivity contribution in [2.24, 2.45) is 0 Å². The summed E-state index contributed by atoms with van der Waals surface area (Å²) in [5.41, 5.74) is 0. The largest absolute Gasteiger partial charge is 0.491 e. The minimum atomic E-state index is -0.523. The molecule has 0 radical (unpaired) electrons. The van der Waals surface area contributed by atoms with E-state index >= 15 is 0 Å². The number of para-hydroxylation sites is 1. The lowest BCUT2D eigenvalue weighted by molar-refractivity contribution is -0.233. The molecule has 1 aromatic rings. The van der Waals surface area contributed by atoms with Crippen LogP contribution >= 0.6 is 0 Å². The Balaban J connectivity index is 1.55. The normalized spacial score (nSPS) is 32.6. The van der Waals surface area contributed by atoms with Gasteiger partial charge in [0.15, 0.2) is 0 Å². The van der Waals surface area contributed by atoms with Gasteiger partial charge in [0.2, 0.25) is 5.91 Å². The van der Waals surface area contributed by atoms with Gasteiger partial charge in [0.1, 0.15) is 18.5 Å². The maximum atomic E-state index is 5.87. The Morgan fingerprint density at radius 2 is 2.24 bits per heavy atom. The highest BCUT2D eigenvalue weighted by Crippen LogP contribution is 2.32. The average Bonchev–Trinajstić information content (AvgIpc) is 2.82. The van der Waals surface area contributed by atoms with Gasteiger partial charge in [0.05, 0.1) is 6.61 Å². The van der Waals surface area contributed by atoms with Gasteiger partial charge < -0.3 is 14.2 Å². The Labute approximate surface area is 101 Å². The molecule has 2 fully saturated rings. The first kappa shape index (κ1) is 11.0. The van der Waals surface area contributed by atoms with Crippen LogP contribution in [0.1, 0.15) is 6.92 Å². The molecule has 0 amide bonds. The predicted octanol–water partition coefficient (Wildman–Crippen LogP) is 1.47. The summed E-state index contributed by atoms with van der Waals surface area (Å²) in [4.78, 5) is 2.21. The summed E-state index contributed by atoms with van der Waals surface area (Å²) in [6.45, 7) is 5.12. The second-order valence-electron chi connectivity index (χ2n) is 4.56. The highest BCUT2D eigenvalue weighted by atomic mass is 16.7. The van der Waals surface area contributed by atoms with Gasteiger partial charge >= 0.3 is 0 Å². The van der Waals surface area contributed by atoms with Crippen molar-refractivity contribution in [3.8, 4) is 5.75 Å². The second kappa shape index (κ2) is 4.29. The summed E-state index contributed by atoms with van der Waals surface area (Å²) < 4.78 is 17.2. The van der Waals surface area contributed by atoms with Gasteiger partial charge in [0.25, 0.3) is 0 Å². The fourth-order valence-corrected chi connectivity index (χ4v) is 2.39. The lowest BCUT2D eigenvalue weighted by Gasteiger charge is -2.23. The summed E-state index contributed by atoms with van der Waals surface area (Å²) in [7, 11) is 0. The topological polar surface area (TPSA) is 30.9 Å². The maximum absolute atomic E-state index is 5.87. The zero-order chi connectivity index (χ0) is 11.7. The van der Waals surface area contributed by atoms with Crippen LogP contribution in [-0.2, 0) is 9.47 Å². The van der Waals surface area contributed by atoms with Crippen molar-refractivity contribution in [3.05, 3.63) is 30.3 Å². The fraction of sp³-hybridized carbons (Fsp3) is 0.538. The molecule has 0 aromatic heterocycles. The van der Waals surface area contributed by atoms with Crippen LogP contribution in [0.5, 0.6) is 5.75 Å². The van der Waals surface area contributed by atoms with Crippen molar-refractivity contribution in [1.82, 2.24) is 4.90 Å². The highest BCUT2D eigenvalue weighted by molar-refractivity contribution is 5.20. The summed E-state index contributed by atoms with van der Waals surface area (Å²) in [5, 5.41) is 0. The Morgan fingerprint density at radius 1 is 1.41 bits per heavy atom. The molecule has 0 spiro atoms. The molecule has 0 saturated carbocycles. The van der Waals surface area contributed by atoms with Crippen molar-refractivity contribution in [2.45, 2.75) is 18.9 Å². The fourth-order valence-electron chi connectivity index (χ4n) is 2.39. The first-order valence-electron chi connectivity index (χ1n) is 6.01. The van der Waals surface area contributed by atoms with Crippen LogP contribution in [-0.4, -0.2) is 43.2 Å². The number of nitrogens with zero attached hydrogens (tertiary/aromatic N) is 1. The van der Waals surface area contributed by atoms with Gasteiger partial charge in [-0.2, -0.15) is 0 Å². The van der Waals surface area contributed by atoms with Gasteiger partial charge in [-0.15, -0.1) is 0 Å². The van der Waals surface area contributed by atoms with Crippen molar-refractivity contribution in [3.63, 3.8) is 0 Å². The van der Waals surface area contributed by atoms with E-state index in [1.165, 1.54) is 0 Å². The van der Waals surface area contributed by atoms with E-state index in [0.29, 0.717) is 6.61 Å². The standard InChI is InChI=1S/C13H17NO3/c1-13-14(7-8-16-13)9-12(17-13)10-15-11-5-3-2-4-6-11/h2-6,12H,7-10H2,1H3. The molecular weight excluding hydrogens is 218 g/mol. The summed E-state index contributed by atoms with van der Waals surface area (Å²) in [6.07, 6.45) is 0.0838. The average molecular weight is 235 g/mol. The molecule has 92 valence electrons. The number of ether oxygens (including phenoxy) is 3. The SMILES string of the molecule is CC12OCCN1CC(COc1ccccc1)O2. The molecule has 2 heterocycles. The van der Waals surface area contributed by atoms with E-state index in [-0.39, 0.29) is 6.10 Å². The highest BCUT2D eigenvalue weighted by Gasteiger charge is 2.47. The third-order valence-electron chi connectivity index (χ3n) is 3.29. The molecule has 2 aliphatic heterocycles. The Hall–Kier alpha value is -1.10. The lowest BCUT2D eigenvalue weighted by Crippen LogP contribution is -2.37. The molecule has 3 rings (SSSR count). The van der Waals surface area contributed by atoms with E-state index < -0.39 is 5.91 Å². The second-order valence-corrected chi connectivity index (χ2v) is 4.56. The molecule has 4 nitrogen and oxygen atoms in total. The van der Waals surface area contributed by atoms with Crippen LogP contribution in [0, 0.1) is 0 Å². The molecule has 0 N–H and O–H groups in total. The van der Waals surface area contributed by atoms with Gasteiger partial charge in [-0.3, -0.25) is 0 Å². The maximum Gasteiger partial charge on any atom is 0.227 e. The van der Waals surface area contributed by atoms with Crippen LogP contribution in [0.2, 0.25) is 0 Å². The molecule has 4 heteroatoms. The van der Waals surface area contributed by atoms with E-state index in [4.69, 9.17) is 14.2 Å². The number of hydrogen-bond donors (Lipinski definition) is 0. The van der Waals surface area contributed by atoms with E-state index in [1.807, 2.05) is 37.3 Å². The third kappa shape index (κ3) is 2.16. The van der Waals surface area contributed by atoms with Crippen molar-refractivity contribution < 1.29 is 14.2 Å². The number of rotatable bonds is 3. The van der Waals surface area contributed by atoms with E-state index in [9.17, 15) is 0 Å². The summed E-state index contributed by atoms with van der Waals surface area (Å²) in [5.74, 6) is 0.360. The van der Waals surface area contributed by atoms with Gasteiger partial charge in [-0.05, 0) is 12.1 Å². The molecule has 2 unspecified atom stereocenters. The first-order valence-corrected chi connectivity index (χ1v) is 6.01. The number of benzene rings is 1. The van der Waals surface area contributed by atoms with Crippen LogP contribution in [0.15, 0.2) is 30.3 Å².